The minimum Gasteiger partial charge on any atom is -0.444 e. The van der Waals surface area contributed by atoms with Crippen molar-refractivity contribution < 1.29 is 35.9 Å². The van der Waals surface area contributed by atoms with E-state index in [1.54, 1.807) is 20.8 Å². The minimum atomic E-state index is -4.40. The Morgan fingerprint density at radius 1 is 0.921 bits per heavy atom. The fourth-order valence-corrected chi connectivity index (χ4v) is 5.24. The summed E-state index contributed by atoms with van der Waals surface area (Å²) >= 11 is 0. The number of carbonyl (C=O) groups excluding carboxylic acids is 2. The largest absolute Gasteiger partial charge is 0.444 e. The summed E-state index contributed by atoms with van der Waals surface area (Å²) in [7, 11) is -4.40. The summed E-state index contributed by atoms with van der Waals surface area (Å²) in [5.41, 5.74) is -1.26. The first-order valence-corrected chi connectivity index (χ1v) is 13.0. The lowest BCUT2D eigenvalue weighted by Gasteiger charge is -2.20. The van der Waals surface area contributed by atoms with Crippen LogP contribution >= 0.6 is 0 Å². The lowest BCUT2D eigenvalue weighted by molar-refractivity contribution is 0.0526. The zero-order valence-electron chi connectivity index (χ0n) is 20.8. The van der Waals surface area contributed by atoms with Crippen LogP contribution in [0.4, 0.5) is 18.0 Å². The molecule has 3 rings (SSSR count). The van der Waals surface area contributed by atoms with Gasteiger partial charge in [-0.1, -0.05) is 6.07 Å². The van der Waals surface area contributed by atoms with E-state index in [9.17, 15) is 31.2 Å². The molecule has 1 aromatic heterocycles. The number of benzene rings is 2. The molecule has 8 nitrogen and oxygen atoms in total. The molecule has 0 spiro atoms. The highest BCUT2D eigenvalue weighted by Crippen LogP contribution is 2.36. The van der Waals surface area contributed by atoms with Gasteiger partial charge in [0.15, 0.2) is 9.84 Å². The Kier molecular flexibility index (Phi) is 8.77. The lowest BCUT2D eigenvalue weighted by Crippen LogP contribution is -2.38. The molecule has 0 aliphatic rings. The molecule has 0 fully saturated rings. The predicted molar refractivity (Wildman–Crippen MR) is 133 cm³/mol. The van der Waals surface area contributed by atoms with Gasteiger partial charge in [0.25, 0.3) is 5.91 Å². The molecule has 0 radical (unpaired) electrons. The third kappa shape index (κ3) is 7.31. The van der Waals surface area contributed by atoms with Crippen molar-refractivity contribution in [1.82, 2.24) is 15.6 Å². The molecule has 0 aliphatic heterocycles. The van der Waals surface area contributed by atoms with Crippen LogP contribution in [-0.2, 0) is 14.6 Å². The molecule has 0 bridgehead atoms. The van der Waals surface area contributed by atoms with Crippen molar-refractivity contribution in [1.29, 1.82) is 0 Å². The van der Waals surface area contributed by atoms with Gasteiger partial charge in [-0.2, -0.15) is 0 Å². The van der Waals surface area contributed by atoms with E-state index in [-0.39, 0.29) is 29.2 Å². The van der Waals surface area contributed by atoms with E-state index in [2.05, 4.69) is 15.6 Å². The van der Waals surface area contributed by atoms with Gasteiger partial charge >= 0.3 is 6.09 Å². The van der Waals surface area contributed by atoms with Gasteiger partial charge in [-0.25, -0.2) is 26.4 Å². The van der Waals surface area contributed by atoms with Gasteiger partial charge in [-0.3, -0.25) is 9.78 Å². The highest BCUT2D eigenvalue weighted by Gasteiger charge is 2.34. The van der Waals surface area contributed by atoms with Crippen LogP contribution in [0.2, 0.25) is 0 Å². The maximum Gasteiger partial charge on any atom is 0.407 e. The molecule has 0 aliphatic carbocycles. The molecule has 2 aromatic carbocycles. The Labute approximate surface area is 218 Å². The molecule has 0 saturated carbocycles. The molecule has 2 N–H and O–H groups in total. The van der Waals surface area contributed by atoms with Crippen LogP contribution in [0.3, 0.4) is 0 Å². The highest BCUT2D eigenvalue weighted by molar-refractivity contribution is 7.91. The standard InChI is InChI=1S/C26H26F3N3O5S/c1-26(2,3)37-25(34)31-13-12-30-24(33)22-11-4-16(15-32-22)23(20-14-18(28)7-10-21(20)29)38(35,36)19-8-5-17(27)6-9-19/h4-11,14-15,23H,12-13H2,1-3H3,(H,30,33)(H,31,34). The van der Waals surface area contributed by atoms with Crippen LogP contribution in [0.25, 0.3) is 0 Å². The van der Waals surface area contributed by atoms with Crippen LogP contribution in [0.1, 0.15) is 47.6 Å². The SMILES string of the molecule is CC(C)(C)OC(=O)NCCNC(=O)c1ccc(C(c2cc(F)ccc2F)S(=O)(=O)c2ccc(F)cc2)cn1. The molecular formula is C26H26F3N3O5S. The van der Waals surface area contributed by atoms with E-state index in [0.717, 1.165) is 48.7 Å². The van der Waals surface area contributed by atoms with Crippen LogP contribution in [-0.4, -0.2) is 44.1 Å². The zero-order chi connectivity index (χ0) is 28.1. The fourth-order valence-electron chi connectivity index (χ4n) is 3.44. The molecule has 38 heavy (non-hydrogen) atoms. The summed E-state index contributed by atoms with van der Waals surface area (Å²) in [5.74, 6) is -3.11. The summed E-state index contributed by atoms with van der Waals surface area (Å²) in [6.45, 7) is 5.26. The zero-order valence-corrected chi connectivity index (χ0v) is 21.6. The fraction of sp³-hybridized carbons (Fsp3) is 0.269. The van der Waals surface area contributed by atoms with Crippen LogP contribution in [0.5, 0.6) is 0 Å². The number of carbonyl (C=O) groups is 2. The molecular weight excluding hydrogens is 523 g/mol. The number of rotatable bonds is 8. The van der Waals surface area contributed by atoms with E-state index in [1.165, 1.54) is 12.1 Å². The Morgan fingerprint density at radius 2 is 1.55 bits per heavy atom. The van der Waals surface area contributed by atoms with E-state index in [0.29, 0.717) is 0 Å². The number of pyridine rings is 1. The number of ether oxygens (including phenoxy) is 1. The van der Waals surface area contributed by atoms with Gasteiger partial charge in [0, 0.05) is 24.8 Å². The second kappa shape index (κ2) is 11.6. The number of nitrogens with zero attached hydrogens (tertiary/aromatic N) is 1. The lowest BCUT2D eigenvalue weighted by atomic mass is 10.0. The Hall–Kier alpha value is -3.93. The molecule has 1 heterocycles. The number of hydrogen-bond donors (Lipinski definition) is 2. The molecule has 202 valence electrons. The predicted octanol–water partition coefficient (Wildman–Crippen LogP) is 4.32. The normalized spacial score (nSPS) is 12.5. The van der Waals surface area contributed by atoms with E-state index in [1.807, 2.05) is 0 Å². The highest BCUT2D eigenvalue weighted by atomic mass is 32.2. The number of nitrogens with one attached hydrogen (secondary N) is 2. The minimum absolute atomic E-state index is 0.0398. The first-order chi connectivity index (χ1) is 17.8. The smallest absolute Gasteiger partial charge is 0.407 e. The number of sulfone groups is 1. The Balaban J connectivity index is 1.82. The van der Waals surface area contributed by atoms with Crippen molar-refractivity contribution in [2.75, 3.05) is 13.1 Å². The van der Waals surface area contributed by atoms with E-state index in [4.69, 9.17) is 4.74 Å². The van der Waals surface area contributed by atoms with Gasteiger partial charge < -0.3 is 15.4 Å². The summed E-state index contributed by atoms with van der Waals surface area (Å²) < 4.78 is 74.2. The summed E-state index contributed by atoms with van der Waals surface area (Å²) in [6.07, 6.45) is 0.427. The number of hydrogen-bond acceptors (Lipinski definition) is 6. The number of aromatic nitrogens is 1. The average Bonchev–Trinajstić information content (AvgIpc) is 2.83. The molecule has 1 atom stereocenters. The molecule has 3 aromatic rings. The van der Waals surface area contributed by atoms with Gasteiger partial charge in [0.2, 0.25) is 0 Å². The van der Waals surface area contributed by atoms with E-state index >= 15 is 0 Å². The van der Waals surface area contributed by atoms with Crippen molar-refractivity contribution >= 4 is 21.8 Å². The van der Waals surface area contributed by atoms with Gasteiger partial charge in [0.05, 0.1) is 4.90 Å². The maximum absolute atomic E-state index is 14.7. The summed E-state index contributed by atoms with van der Waals surface area (Å²) in [4.78, 5) is 27.8. The van der Waals surface area contributed by atoms with Crippen molar-refractivity contribution in [2.24, 2.45) is 0 Å². The number of halogens is 3. The monoisotopic (exact) mass is 549 g/mol. The average molecular weight is 550 g/mol. The second-order valence-corrected chi connectivity index (χ2v) is 11.2. The van der Waals surface area contributed by atoms with Crippen molar-refractivity contribution in [3.05, 3.63) is 95.1 Å². The third-order valence-corrected chi connectivity index (χ3v) is 7.17. The topological polar surface area (TPSA) is 114 Å². The molecule has 1 unspecified atom stereocenters. The number of alkyl carbamates (subject to hydrolysis) is 1. The third-order valence-electron chi connectivity index (χ3n) is 5.09. The van der Waals surface area contributed by atoms with Crippen molar-refractivity contribution in [2.45, 2.75) is 36.5 Å². The molecule has 0 saturated heterocycles. The second-order valence-electron chi connectivity index (χ2n) is 9.21. The van der Waals surface area contributed by atoms with Crippen LogP contribution < -0.4 is 10.6 Å². The van der Waals surface area contributed by atoms with E-state index < -0.39 is 55.7 Å². The summed E-state index contributed by atoms with van der Waals surface area (Å²) in [5, 5.41) is 3.29. The first-order valence-electron chi connectivity index (χ1n) is 11.4. The van der Waals surface area contributed by atoms with Gasteiger partial charge in [-0.05, 0) is 74.9 Å². The molecule has 2 amide bonds. The van der Waals surface area contributed by atoms with Crippen molar-refractivity contribution in [3.63, 3.8) is 0 Å². The Bertz CT molecular complexity index is 1410. The Morgan fingerprint density at radius 3 is 2.16 bits per heavy atom. The van der Waals surface area contributed by atoms with Gasteiger partial charge in [0.1, 0.15) is 34.0 Å². The molecule has 12 heteroatoms. The summed E-state index contributed by atoms with van der Waals surface area (Å²) in [6, 6.07) is 8.84. The maximum atomic E-state index is 14.7. The van der Waals surface area contributed by atoms with Crippen molar-refractivity contribution in [3.8, 4) is 0 Å². The quantitative estimate of drug-likeness (QED) is 0.320. The number of amides is 2. The van der Waals surface area contributed by atoms with Crippen LogP contribution in [0, 0.1) is 17.5 Å². The van der Waals surface area contributed by atoms with Gasteiger partial charge in [-0.15, -0.1) is 0 Å². The van der Waals surface area contributed by atoms with Crippen LogP contribution in [0.15, 0.2) is 65.7 Å². The first kappa shape index (κ1) is 28.6.